The molecule has 1 amide bonds. The van der Waals surface area contributed by atoms with Crippen molar-refractivity contribution < 1.29 is 13.2 Å². The molecule has 1 saturated heterocycles. The predicted molar refractivity (Wildman–Crippen MR) is 75.0 cm³/mol. The van der Waals surface area contributed by atoms with Crippen LogP contribution >= 0.6 is 0 Å². The first-order chi connectivity index (χ1) is 8.74. The largest absolute Gasteiger partial charge is 0.341 e. The summed E-state index contributed by atoms with van der Waals surface area (Å²) in [5.74, 6) is 0.145. The Balaban J connectivity index is 2.47. The SMILES string of the molecule is CCC(C)C(N)C(=O)N1CCC(NS(C)(=O)=O)CC1. The van der Waals surface area contributed by atoms with Crippen molar-refractivity contribution in [3.63, 3.8) is 0 Å². The van der Waals surface area contributed by atoms with Gasteiger partial charge in [0.15, 0.2) is 0 Å². The average molecular weight is 291 g/mol. The summed E-state index contributed by atoms with van der Waals surface area (Å²) >= 11 is 0. The number of sulfonamides is 1. The second-order valence-corrected chi connectivity index (χ2v) is 7.18. The molecule has 0 bridgehead atoms. The first-order valence-corrected chi connectivity index (χ1v) is 8.65. The van der Waals surface area contributed by atoms with Gasteiger partial charge in [-0.25, -0.2) is 13.1 Å². The smallest absolute Gasteiger partial charge is 0.239 e. The highest BCUT2D eigenvalue weighted by Crippen LogP contribution is 2.15. The van der Waals surface area contributed by atoms with E-state index in [1.165, 1.54) is 0 Å². The normalized spacial score (nSPS) is 21.2. The van der Waals surface area contributed by atoms with Crippen LogP contribution in [0.1, 0.15) is 33.1 Å². The quantitative estimate of drug-likeness (QED) is 0.740. The number of nitrogens with one attached hydrogen (secondary N) is 1. The number of nitrogens with zero attached hydrogens (tertiary/aromatic N) is 1. The van der Waals surface area contributed by atoms with Crippen molar-refractivity contribution >= 4 is 15.9 Å². The number of rotatable bonds is 5. The molecule has 1 aliphatic heterocycles. The van der Waals surface area contributed by atoms with Gasteiger partial charge in [0, 0.05) is 19.1 Å². The molecule has 6 nitrogen and oxygen atoms in total. The Morgan fingerprint density at radius 2 is 1.95 bits per heavy atom. The summed E-state index contributed by atoms with van der Waals surface area (Å²) in [7, 11) is -3.17. The second-order valence-electron chi connectivity index (χ2n) is 5.40. The third-order valence-electron chi connectivity index (χ3n) is 3.73. The van der Waals surface area contributed by atoms with Crippen molar-refractivity contribution in [1.82, 2.24) is 9.62 Å². The number of carbonyl (C=O) groups is 1. The van der Waals surface area contributed by atoms with Crippen LogP contribution in [0.3, 0.4) is 0 Å². The maximum Gasteiger partial charge on any atom is 0.239 e. The Bertz CT molecular complexity index is 402. The van der Waals surface area contributed by atoms with Gasteiger partial charge in [0.05, 0.1) is 12.3 Å². The highest BCUT2D eigenvalue weighted by Gasteiger charge is 2.29. The molecule has 2 atom stereocenters. The first kappa shape index (κ1) is 16.4. The van der Waals surface area contributed by atoms with Gasteiger partial charge in [0.1, 0.15) is 0 Å². The summed E-state index contributed by atoms with van der Waals surface area (Å²) in [6.45, 7) is 5.12. The molecule has 7 heteroatoms. The van der Waals surface area contributed by atoms with Crippen LogP contribution in [0.5, 0.6) is 0 Å². The van der Waals surface area contributed by atoms with Crippen molar-refractivity contribution in [1.29, 1.82) is 0 Å². The van der Waals surface area contributed by atoms with E-state index >= 15 is 0 Å². The molecule has 1 fully saturated rings. The third kappa shape index (κ3) is 5.08. The zero-order valence-corrected chi connectivity index (χ0v) is 12.7. The fourth-order valence-electron chi connectivity index (χ4n) is 2.23. The van der Waals surface area contributed by atoms with Crippen molar-refractivity contribution in [2.24, 2.45) is 11.7 Å². The summed E-state index contributed by atoms with van der Waals surface area (Å²) < 4.78 is 24.9. The molecule has 0 aliphatic carbocycles. The highest BCUT2D eigenvalue weighted by atomic mass is 32.2. The molecule has 0 aromatic rings. The van der Waals surface area contributed by atoms with Crippen molar-refractivity contribution in [2.45, 2.75) is 45.2 Å². The van der Waals surface area contributed by atoms with E-state index in [1.807, 2.05) is 13.8 Å². The maximum atomic E-state index is 12.2. The fourth-order valence-corrected chi connectivity index (χ4v) is 3.07. The zero-order valence-electron chi connectivity index (χ0n) is 11.9. The molecule has 2 unspecified atom stereocenters. The summed E-state index contributed by atoms with van der Waals surface area (Å²) in [5, 5.41) is 0. The Kier molecular flexibility index (Phi) is 5.76. The van der Waals surface area contributed by atoms with Crippen molar-refractivity contribution in [2.75, 3.05) is 19.3 Å². The van der Waals surface area contributed by atoms with E-state index < -0.39 is 16.1 Å². The lowest BCUT2D eigenvalue weighted by atomic mass is 9.97. The monoisotopic (exact) mass is 291 g/mol. The number of piperidine rings is 1. The minimum Gasteiger partial charge on any atom is -0.341 e. The summed E-state index contributed by atoms with van der Waals surface area (Å²) in [6, 6.07) is -0.525. The number of hydrogen-bond acceptors (Lipinski definition) is 4. The van der Waals surface area contributed by atoms with E-state index in [-0.39, 0.29) is 17.9 Å². The maximum absolute atomic E-state index is 12.2. The lowest BCUT2D eigenvalue weighted by molar-refractivity contribution is -0.134. The van der Waals surface area contributed by atoms with Gasteiger partial charge in [-0.15, -0.1) is 0 Å². The molecule has 0 saturated carbocycles. The lowest BCUT2D eigenvalue weighted by Crippen LogP contribution is -2.52. The van der Waals surface area contributed by atoms with E-state index in [9.17, 15) is 13.2 Å². The minimum atomic E-state index is -3.17. The van der Waals surface area contributed by atoms with E-state index in [1.54, 1.807) is 4.90 Å². The third-order valence-corrected chi connectivity index (χ3v) is 4.49. The van der Waals surface area contributed by atoms with Gasteiger partial charge in [-0.3, -0.25) is 4.79 Å². The number of carbonyl (C=O) groups excluding carboxylic acids is 1. The fraction of sp³-hybridized carbons (Fsp3) is 0.917. The van der Waals surface area contributed by atoms with Crippen LogP contribution < -0.4 is 10.5 Å². The van der Waals surface area contributed by atoms with Crippen LogP contribution in [0, 0.1) is 5.92 Å². The summed E-state index contributed by atoms with van der Waals surface area (Å²) in [4.78, 5) is 13.9. The van der Waals surface area contributed by atoms with Crippen LogP contribution in [0.25, 0.3) is 0 Å². The van der Waals surface area contributed by atoms with Crippen molar-refractivity contribution in [3.05, 3.63) is 0 Å². The van der Waals surface area contributed by atoms with Crippen LogP contribution in [-0.2, 0) is 14.8 Å². The zero-order chi connectivity index (χ0) is 14.6. The molecule has 19 heavy (non-hydrogen) atoms. The van der Waals surface area contributed by atoms with E-state index in [4.69, 9.17) is 5.73 Å². The molecule has 112 valence electrons. The van der Waals surface area contributed by atoms with E-state index in [2.05, 4.69) is 4.72 Å². The molecule has 0 spiro atoms. The Labute approximate surface area is 115 Å². The van der Waals surface area contributed by atoms with E-state index in [0.29, 0.717) is 25.9 Å². The van der Waals surface area contributed by atoms with Gasteiger partial charge in [-0.2, -0.15) is 0 Å². The molecule has 0 aromatic heterocycles. The van der Waals surface area contributed by atoms with Gasteiger partial charge in [-0.05, 0) is 18.8 Å². The first-order valence-electron chi connectivity index (χ1n) is 6.76. The molecule has 1 heterocycles. The van der Waals surface area contributed by atoms with Crippen LogP contribution in [0.4, 0.5) is 0 Å². The molecular weight excluding hydrogens is 266 g/mol. The summed E-state index contributed by atoms with van der Waals surface area (Å²) in [6.07, 6.45) is 3.32. The average Bonchev–Trinajstić information content (AvgIpc) is 2.35. The van der Waals surface area contributed by atoms with Gasteiger partial charge in [0.25, 0.3) is 0 Å². The molecular formula is C12H25N3O3S. The van der Waals surface area contributed by atoms with Gasteiger partial charge >= 0.3 is 0 Å². The minimum absolute atomic E-state index is 0.0212. The summed E-state index contributed by atoms with van der Waals surface area (Å²) in [5.41, 5.74) is 5.94. The van der Waals surface area contributed by atoms with Crippen LogP contribution in [-0.4, -0.2) is 50.7 Å². The van der Waals surface area contributed by atoms with E-state index in [0.717, 1.165) is 12.7 Å². The lowest BCUT2D eigenvalue weighted by Gasteiger charge is -2.34. The second kappa shape index (κ2) is 6.67. The van der Waals surface area contributed by atoms with Crippen molar-refractivity contribution in [3.8, 4) is 0 Å². The van der Waals surface area contributed by atoms with Gasteiger partial charge in [-0.1, -0.05) is 20.3 Å². The number of amides is 1. The number of nitrogens with two attached hydrogens (primary N) is 1. The topological polar surface area (TPSA) is 92.5 Å². The van der Waals surface area contributed by atoms with Gasteiger partial charge in [0.2, 0.25) is 15.9 Å². The van der Waals surface area contributed by atoms with Crippen LogP contribution in [0.2, 0.25) is 0 Å². The highest BCUT2D eigenvalue weighted by molar-refractivity contribution is 7.88. The Morgan fingerprint density at radius 3 is 2.37 bits per heavy atom. The predicted octanol–water partition coefficient (Wildman–Crippen LogP) is -0.1000. The number of likely N-dealkylation sites (tertiary alicyclic amines) is 1. The molecule has 0 radical (unpaired) electrons. The molecule has 3 N–H and O–H groups in total. The van der Waals surface area contributed by atoms with Gasteiger partial charge < -0.3 is 10.6 Å². The molecule has 0 aromatic carbocycles. The molecule has 1 aliphatic rings. The Hall–Kier alpha value is -0.660. The number of hydrogen-bond donors (Lipinski definition) is 2. The Morgan fingerprint density at radius 1 is 1.42 bits per heavy atom. The van der Waals surface area contributed by atoms with Crippen LogP contribution in [0.15, 0.2) is 0 Å². The standard InChI is InChI=1S/C12H25N3O3S/c1-4-9(2)11(13)12(16)15-7-5-10(6-8-15)14-19(3,17)18/h9-11,14H,4-8,13H2,1-3H3. The molecule has 1 rings (SSSR count).